The van der Waals surface area contributed by atoms with Gasteiger partial charge in [0.15, 0.2) is 30.1 Å². The van der Waals surface area contributed by atoms with E-state index in [1.54, 1.807) is 60.7 Å². The molecule has 1 aromatic heterocycles. The molecule has 180 valence electrons. The van der Waals surface area contributed by atoms with Crippen LogP contribution >= 0.6 is 0 Å². The van der Waals surface area contributed by atoms with Gasteiger partial charge < -0.3 is 19.9 Å². The zero-order valence-corrected chi connectivity index (χ0v) is 18.2. The Bertz CT molecular complexity index is 1220. The first-order valence-corrected chi connectivity index (χ1v) is 10.7. The van der Waals surface area contributed by atoms with E-state index in [1.165, 1.54) is 11.3 Å². The fourth-order valence-corrected chi connectivity index (χ4v) is 3.80. The number of esters is 2. The summed E-state index contributed by atoms with van der Waals surface area (Å²) < 4.78 is 32.5. The molecule has 2 aliphatic rings. The number of aromatic nitrogens is 2. The van der Waals surface area contributed by atoms with Gasteiger partial charge >= 0.3 is 11.9 Å². The number of rotatable bonds is 6. The number of hydrazine groups is 2. The highest BCUT2D eigenvalue weighted by atomic mass is 19.1. The molecule has 3 aromatic rings. The molecular weight excluding hydrogens is 459 g/mol. The van der Waals surface area contributed by atoms with Crippen LogP contribution in [0, 0.1) is 0 Å². The van der Waals surface area contributed by atoms with E-state index < -0.39 is 36.5 Å². The summed E-state index contributed by atoms with van der Waals surface area (Å²) in [7, 11) is 0. The summed E-state index contributed by atoms with van der Waals surface area (Å²) in [5.41, 5.74) is 12.3. The quantitative estimate of drug-likeness (QED) is 0.445. The molecule has 4 N–H and O–H groups in total. The zero-order chi connectivity index (χ0) is 24.4. The molecule has 2 aliphatic heterocycles. The first kappa shape index (κ1) is 22.5. The van der Waals surface area contributed by atoms with Crippen molar-refractivity contribution in [2.24, 2.45) is 0 Å². The van der Waals surface area contributed by atoms with Gasteiger partial charge in [0.1, 0.15) is 24.7 Å². The van der Waals surface area contributed by atoms with Crippen LogP contribution < -0.4 is 21.7 Å². The van der Waals surface area contributed by atoms with Gasteiger partial charge in [-0.15, -0.1) is 5.53 Å². The predicted molar refractivity (Wildman–Crippen MR) is 122 cm³/mol. The Kier molecular flexibility index (Phi) is 6.12. The number of nitrogens with one attached hydrogen (secondary N) is 2. The number of alkyl halides is 1. The third kappa shape index (κ3) is 4.44. The summed E-state index contributed by atoms with van der Waals surface area (Å²) in [5.74, 6) is -0.951. The summed E-state index contributed by atoms with van der Waals surface area (Å²) in [6.45, 7) is -0.350. The van der Waals surface area contributed by atoms with Gasteiger partial charge in [-0.25, -0.2) is 29.0 Å². The van der Waals surface area contributed by atoms with Crippen LogP contribution in [0.2, 0.25) is 0 Å². The van der Waals surface area contributed by atoms with Crippen molar-refractivity contribution in [1.82, 2.24) is 15.5 Å². The number of halogens is 1. The van der Waals surface area contributed by atoms with E-state index >= 15 is 4.39 Å². The van der Waals surface area contributed by atoms with E-state index in [1.807, 2.05) is 0 Å². The SMILES string of the molecule is Nc1ncnc2c1NNN2[C@@H]1O[C@H](COC(=O)c2ccccc2)[C@@H](OC(=O)c2ccccc2)[C@@H]1F. The van der Waals surface area contributed by atoms with Crippen molar-refractivity contribution in [3.63, 3.8) is 0 Å². The van der Waals surface area contributed by atoms with Crippen molar-refractivity contribution in [2.75, 3.05) is 22.8 Å². The number of ether oxygens (including phenoxy) is 3. The highest BCUT2D eigenvalue weighted by Crippen LogP contribution is 2.37. The average molecular weight is 480 g/mol. The fraction of sp³-hybridized carbons (Fsp3) is 0.217. The summed E-state index contributed by atoms with van der Waals surface area (Å²) >= 11 is 0. The van der Waals surface area contributed by atoms with Gasteiger partial charge in [-0.3, -0.25) is 5.43 Å². The molecule has 12 heteroatoms. The topological polar surface area (TPSA) is 141 Å². The molecule has 0 unspecified atom stereocenters. The Balaban J connectivity index is 1.37. The van der Waals surface area contributed by atoms with E-state index in [-0.39, 0.29) is 23.8 Å². The number of nitrogen functional groups attached to an aromatic ring is 1. The van der Waals surface area contributed by atoms with Crippen LogP contribution in [-0.2, 0) is 14.2 Å². The van der Waals surface area contributed by atoms with E-state index in [4.69, 9.17) is 19.9 Å². The first-order chi connectivity index (χ1) is 17.0. The second kappa shape index (κ2) is 9.52. The molecule has 4 atom stereocenters. The number of hydrogen-bond acceptors (Lipinski definition) is 11. The molecular formula is C23H21FN6O5. The zero-order valence-electron chi connectivity index (χ0n) is 18.2. The molecule has 0 radical (unpaired) electrons. The lowest BCUT2D eigenvalue weighted by Crippen LogP contribution is -2.49. The monoisotopic (exact) mass is 480 g/mol. The van der Waals surface area contributed by atoms with Crippen molar-refractivity contribution in [3.05, 3.63) is 78.1 Å². The summed E-state index contributed by atoms with van der Waals surface area (Å²) in [4.78, 5) is 33.1. The Morgan fingerprint density at radius 2 is 1.69 bits per heavy atom. The third-order valence-electron chi connectivity index (χ3n) is 5.55. The van der Waals surface area contributed by atoms with Crippen LogP contribution in [0.4, 0.5) is 21.7 Å². The summed E-state index contributed by atoms with van der Waals surface area (Å²) in [6, 6.07) is 16.5. The van der Waals surface area contributed by atoms with E-state index in [2.05, 4.69) is 20.9 Å². The second-order valence-electron chi connectivity index (χ2n) is 7.77. The Labute approximate surface area is 198 Å². The van der Waals surface area contributed by atoms with Gasteiger partial charge in [-0.2, -0.15) is 0 Å². The lowest BCUT2D eigenvalue weighted by molar-refractivity contribution is -0.0437. The van der Waals surface area contributed by atoms with E-state index in [9.17, 15) is 9.59 Å². The van der Waals surface area contributed by atoms with Crippen molar-refractivity contribution < 1.29 is 28.2 Å². The molecule has 0 aliphatic carbocycles. The molecule has 0 bridgehead atoms. The number of fused-ring (bicyclic) bond motifs is 1. The number of carbonyl (C=O) groups excluding carboxylic acids is 2. The third-order valence-corrected chi connectivity index (χ3v) is 5.55. The maximum Gasteiger partial charge on any atom is 0.338 e. The van der Waals surface area contributed by atoms with Crippen LogP contribution in [-0.4, -0.2) is 53.1 Å². The molecule has 35 heavy (non-hydrogen) atoms. The molecule has 0 amide bonds. The number of hydrogen-bond donors (Lipinski definition) is 3. The van der Waals surface area contributed by atoms with Crippen LogP contribution in [0.1, 0.15) is 20.7 Å². The molecule has 1 fully saturated rings. The smallest absolute Gasteiger partial charge is 0.338 e. The minimum absolute atomic E-state index is 0.152. The standard InChI is InChI=1S/C23H21FN6O5/c24-16-18(35-23(32)14-9-5-2-6-10-14)15(11-33-22(31)13-7-3-1-4-8-13)34-21(16)30-20-17(28-29-30)19(25)26-12-27-20/h1-10,12,15-16,18,21,28-29H,11H2,(H2,25,26,27)/t15-,16+,18-,21-/m1/s1. The van der Waals surface area contributed by atoms with Crippen LogP contribution in [0.15, 0.2) is 67.0 Å². The summed E-state index contributed by atoms with van der Waals surface area (Å²) in [6.07, 6.45) is -4.36. The van der Waals surface area contributed by atoms with Crippen molar-refractivity contribution in [2.45, 2.75) is 24.6 Å². The van der Waals surface area contributed by atoms with Crippen molar-refractivity contribution in [1.29, 1.82) is 0 Å². The maximum absolute atomic E-state index is 15.7. The predicted octanol–water partition coefficient (Wildman–Crippen LogP) is 1.86. The van der Waals surface area contributed by atoms with Gasteiger partial charge in [-0.1, -0.05) is 36.4 Å². The molecule has 3 heterocycles. The number of anilines is 3. The first-order valence-electron chi connectivity index (χ1n) is 10.7. The minimum atomic E-state index is -1.83. The molecule has 5 rings (SSSR count). The normalized spacial score (nSPS) is 22.8. The van der Waals surface area contributed by atoms with Crippen molar-refractivity contribution >= 4 is 29.3 Å². The van der Waals surface area contributed by atoms with E-state index in [0.717, 1.165) is 0 Å². The van der Waals surface area contributed by atoms with Crippen LogP contribution in [0.25, 0.3) is 0 Å². The van der Waals surface area contributed by atoms with Gasteiger partial charge in [0.05, 0.1) is 11.1 Å². The maximum atomic E-state index is 15.7. The lowest BCUT2D eigenvalue weighted by atomic mass is 10.1. The highest BCUT2D eigenvalue weighted by molar-refractivity contribution is 5.90. The molecule has 1 saturated heterocycles. The van der Waals surface area contributed by atoms with Gasteiger partial charge in [0, 0.05) is 0 Å². The van der Waals surface area contributed by atoms with Gasteiger partial charge in [-0.05, 0) is 24.3 Å². The van der Waals surface area contributed by atoms with Crippen LogP contribution in [0.5, 0.6) is 0 Å². The minimum Gasteiger partial charge on any atom is -0.459 e. The largest absolute Gasteiger partial charge is 0.459 e. The Morgan fingerprint density at radius 3 is 2.37 bits per heavy atom. The lowest BCUT2D eigenvalue weighted by Gasteiger charge is -2.25. The fourth-order valence-electron chi connectivity index (χ4n) is 3.80. The highest BCUT2D eigenvalue weighted by Gasteiger charge is 2.52. The van der Waals surface area contributed by atoms with E-state index in [0.29, 0.717) is 11.3 Å². The number of nitrogens with two attached hydrogens (primary N) is 1. The molecule has 0 saturated carbocycles. The number of benzene rings is 2. The number of nitrogens with zero attached hydrogens (tertiary/aromatic N) is 3. The molecule has 0 spiro atoms. The van der Waals surface area contributed by atoms with Gasteiger partial charge in [0.2, 0.25) is 0 Å². The molecule has 2 aromatic carbocycles. The molecule has 11 nitrogen and oxygen atoms in total. The Hall–Kier alpha value is -4.29. The van der Waals surface area contributed by atoms with Gasteiger partial charge in [0.25, 0.3) is 0 Å². The second-order valence-corrected chi connectivity index (χ2v) is 7.77. The average Bonchev–Trinajstić information content (AvgIpc) is 3.45. The Morgan fingerprint density at radius 1 is 1.03 bits per heavy atom. The number of carbonyl (C=O) groups is 2. The van der Waals surface area contributed by atoms with Crippen LogP contribution in [0.3, 0.4) is 0 Å². The van der Waals surface area contributed by atoms with Crippen molar-refractivity contribution in [3.8, 4) is 0 Å². The summed E-state index contributed by atoms with van der Waals surface area (Å²) in [5, 5.41) is 1.28.